The molecule has 1 fully saturated rings. The second-order valence-corrected chi connectivity index (χ2v) is 11.3. The fourth-order valence-corrected chi connectivity index (χ4v) is 6.90. The third kappa shape index (κ3) is 4.30. The summed E-state index contributed by atoms with van der Waals surface area (Å²) >= 11 is 6.14. The number of para-hydroxylation sites is 1. The van der Waals surface area contributed by atoms with Gasteiger partial charge in [0.2, 0.25) is 0 Å². The van der Waals surface area contributed by atoms with E-state index in [0.717, 1.165) is 17.1 Å². The van der Waals surface area contributed by atoms with Gasteiger partial charge < -0.3 is 5.11 Å². The number of pyridine rings is 1. The SMILES string of the molecule is CC1=CC(=O)C2=C(C1=O)C(c1cccc(F)c1O)C1=CCC3C(=O)N(N(C)c4nc(C(F)(F)F)ccc4Cl)C(=O)C3C1C2. The first kappa shape index (κ1) is 28.8. The predicted octanol–water partition coefficient (Wildman–Crippen LogP) is 5.08. The van der Waals surface area contributed by atoms with Crippen LogP contribution in [0.2, 0.25) is 5.02 Å². The standard InChI is InChI=1S/C30H22ClF4N3O5/c1-12-10-20(39)17-11-16-13(22(24(17)25(12)40)14-4-3-5-19(32)26(14)41)6-7-15-23(16)29(43)38(28(15)42)37(2)27-18(31)8-9-21(36-27)30(33,34)35/h3-6,8-10,15-16,22-23,41H,7,11H2,1-2H3. The van der Waals surface area contributed by atoms with E-state index in [9.17, 15) is 41.8 Å². The van der Waals surface area contributed by atoms with Gasteiger partial charge in [-0.1, -0.05) is 35.4 Å². The zero-order chi connectivity index (χ0) is 31.1. The van der Waals surface area contributed by atoms with E-state index in [1.807, 2.05) is 0 Å². The Hall–Kier alpha value is -4.32. The summed E-state index contributed by atoms with van der Waals surface area (Å²) in [4.78, 5) is 57.8. The van der Waals surface area contributed by atoms with Crippen molar-refractivity contribution in [2.24, 2.45) is 17.8 Å². The number of imide groups is 1. The Morgan fingerprint density at radius 3 is 2.49 bits per heavy atom. The van der Waals surface area contributed by atoms with E-state index >= 15 is 0 Å². The van der Waals surface area contributed by atoms with Gasteiger partial charge in [0.25, 0.3) is 11.8 Å². The number of halogens is 5. The normalized spacial score (nSPS) is 25.3. The van der Waals surface area contributed by atoms with E-state index in [1.54, 1.807) is 6.08 Å². The second kappa shape index (κ2) is 9.87. The first-order valence-electron chi connectivity index (χ1n) is 13.2. The predicted molar refractivity (Wildman–Crippen MR) is 144 cm³/mol. The number of carbonyl (C=O) groups excluding carboxylic acids is 4. The van der Waals surface area contributed by atoms with Gasteiger partial charge in [-0.2, -0.15) is 18.2 Å². The van der Waals surface area contributed by atoms with Crippen LogP contribution in [-0.4, -0.2) is 45.5 Å². The van der Waals surface area contributed by atoms with Gasteiger partial charge in [0.05, 0.1) is 16.9 Å². The van der Waals surface area contributed by atoms with Gasteiger partial charge in [0, 0.05) is 35.2 Å². The van der Waals surface area contributed by atoms with Crippen LogP contribution in [0.3, 0.4) is 0 Å². The molecule has 2 amide bonds. The highest BCUT2D eigenvalue weighted by Gasteiger charge is 2.58. The first-order chi connectivity index (χ1) is 20.2. The number of ketones is 2. The van der Waals surface area contributed by atoms with Gasteiger partial charge >= 0.3 is 6.18 Å². The largest absolute Gasteiger partial charge is 0.505 e. The first-order valence-corrected chi connectivity index (χ1v) is 13.6. The smallest absolute Gasteiger partial charge is 0.433 e. The van der Waals surface area contributed by atoms with Crippen molar-refractivity contribution in [1.82, 2.24) is 9.99 Å². The van der Waals surface area contributed by atoms with E-state index < -0.39 is 76.3 Å². The average Bonchev–Trinajstić information content (AvgIpc) is 3.21. The maximum absolute atomic E-state index is 14.6. The number of allylic oxidation sites excluding steroid dienone is 6. The van der Waals surface area contributed by atoms with E-state index in [-0.39, 0.29) is 40.1 Å². The minimum Gasteiger partial charge on any atom is -0.505 e. The zero-order valence-electron chi connectivity index (χ0n) is 22.6. The van der Waals surface area contributed by atoms with Crippen molar-refractivity contribution < 1.29 is 41.8 Å². The maximum atomic E-state index is 14.6. The van der Waals surface area contributed by atoms with Crippen LogP contribution in [0, 0.1) is 23.6 Å². The van der Waals surface area contributed by atoms with Crippen molar-refractivity contribution in [1.29, 1.82) is 0 Å². The number of aromatic hydroxyl groups is 1. The van der Waals surface area contributed by atoms with Crippen LogP contribution >= 0.6 is 11.6 Å². The highest BCUT2D eigenvalue weighted by molar-refractivity contribution is 6.33. The lowest BCUT2D eigenvalue weighted by Gasteiger charge is -2.42. The molecule has 6 rings (SSSR count). The van der Waals surface area contributed by atoms with Crippen LogP contribution in [0.4, 0.5) is 23.4 Å². The molecule has 4 atom stereocenters. The number of amides is 2. The van der Waals surface area contributed by atoms with Crippen LogP contribution in [-0.2, 0) is 25.4 Å². The number of Topliss-reactive ketones (excluding diaryl/α,β-unsaturated/α-hetero) is 1. The van der Waals surface area contributed by atoms with E-state index in [4.69, 9.17) is 11.6 Å². The molecule has 0 bridgehead atoms. The molecule has 8 nitrogen and oxygen atoms in total. The number of hydrogen-bond acceptors (Lipinski definition) is 7. The molecule has 3 aliphatic carbocycles. The highest BCUT2D eigenvalue weighted by Crippen LogP contribution is 2.56. The number of carbonyl (C=O) groups is 4. The Morgan fingerprint density at radius 1 is 1.07 bits per heavy atom. The Balaban J connectivity index is 1.45. The fraction of sp³-hybridized carbons (Fsp3) is 0.300. The summed E-state index contributed by atoms with van der Waals surface area (Å²) in [5.74, 6) is -8.39. The monoisotopic (exact) mass is 615 g/mol. The van der Waals surface area contributed by atoms with Crippen molar-refractivity contribution >= 4 is 40.8 Å². The number of anilines is 1. The molecular weight excluding hydrogens is 594 g/mol. The third-order valence-corrected chi connectivity index (χ3v) is 8.89. The zero-order valence-corrected chi connectivity index (χ0v) is 23.3. The summed E-state index contributed by atoms with van der Waals surface area (Å²) in [6.07, 6.45) is -2.03. The molecule has 222 valence electrons. The van der Waals surface area contributed by atoms with Crippen LogP contribution < -0.4 is 5.01 Å². The van der Waals surface area contributed by atoms with Gasteiger partial charge in [-0.15, -0.1) is 0 Å². The summed E-state index contributed by atoms with van der Waals surface area (Å²) in [6.45, 7) is 1.48. The molecule has 4 aliphatic rings. The molecular formula is C30H22ClF4N3O5. The van der Waals surface area contributed by atoms with Crippen LogP contribution in [0.15, 0.2) is 64.8 Å². The van der Waals surface area contributed by atoms with Crippen molar-refractivity contribution in [3.8, 4) is 5.75 Å². The molecule has 13 heteroatoms. The number of nitrogens with zero attached hydrogens (tertiary/aromatic N) is 3. The molecule has 2 heterocycles. The van der Waals surface area contributed by atoms with Crippen LogP contribution in [0.1, 0.15) is 36.9 Å². The lowest BCUT2D eigenvalue weighted by atomic mass is 9.59. The lowest BCUT2D eigenvalue weighted by molar-refractivity contribution is -0.141. The number of fused-ring (bicyclic) bond motifs is 3. The van der Waals surface area contributed by atoms with E-state index in [2.05, 4.69) is 4.98 Å². The molecule has 0 radical (unpaired) electrons. The Morgan fingerprint density at radius 2 is 1.79 bits per heavy atom. The van der Waals surface area contributed by atoms with E-state index in [1.165, 1.54) is 32.2 Å². The fourth-order valence-electron chi connectivity index (χ4n) is 6.67. The van der Waals surface area contributed by atoms with Gasteiger partial charge in [0.15, 0.2) is 29.0 Å². The molecule has 43 heavy (non-hydrogen) atoms. The number of aromatic nitrogens is 1. The number of phenols is 1. The summed E-state index contributed by atoms with van der Waals surface area (Å²) < 4.78 is 54.7. The number of alkyl halides is 3. The number of hydrogen-bond donors (Lipinski definition) is 1. The number of rotatable bonds is 3. The van der Waals surface area contributed by atoms with Gasteiger partial charge in [0.1, 0.15) is 5.69 Å². The molecule has 0 spiro atoms. The highest BCUT2D eigenvalue weighted by atomic mass is 35.5. The Kier molecular flexibility index (Phi) is 6.60. The number of benzene rings is 1. The molecule has 0 saturated carbocycles. The van der Waals surface area contributed by atoms with Crippen LogP contribution in [0.25, 0.3) is 0 Å². The maximum Gasteiger partial charge on any atom is 0.433 e. The topological polar surface area (TPSA) is 108 Å². The molecule has 1 N–H and O–H groups in total. The van der Waals surface area contributed by atoms with E-state index in [0.29, 0.717) is 16.6 Å². The van der Waals surface area contributed by atoms with Crippen LogP contribution in [0.5, 0.6) is 5.75 Å². The van der Waals surface area contributed by atoms with Crippen molar-refractivity contribution in [3.05, 3.63) is 86.9 Å². The number of phenolic OH excluding ortho intramolecular Hbond substituents is 1. The third-order valence-electron chi connectivity index (χ3n) is 8.59. The molecule has 4 unspecified atom stereocenters. The quantitative estimate of drug-likeness (QED) is 0.222. The molecule has 1 aliphatic heterocycles. The summed E-state index contributed by atoms with van der Waals surface area (Å²) in [5.41, 5.74) is -0.421. The minimum absolute atomic E-state index is 0.0152. The van der Waals surface area contributed by atoms with Crippen molar-refractivity contribution in [2.45, 2.75) is 31.9 Å². The van der Waals surface area contributed by atoms with Gasteiger partial charge in [-0.05, 0) is 50.0 Å². The summed E-state index contributed by atoms with van der Waals surface area (Å²) in [7, 11) is 1.20. The Bertz CT molecular complexity index is 1750. The summed E-state index contributed by atoms with van der Waals surface area (Å²) in [5, 5.41) is 12.1. The minimum atomic E-state index is -4.81. The molecule has 1 aromatic heterocycles. The molecule has 1 aromatic carbocycles. The summed E-state index contributed by atoms with van der Waals surface area (Å²) in [6, 6.07) is 5.46. The van der Waals surface area contributed by atoms with Crippen molar-refractivity contribution in [2.75, 3.05) is 12.1 Å². The van der Waals surface area contributed by atoms with Crippen molar-refractivity contribution in [3.63, 3.8) is 0 Å². The average molecular weight is 616 g/mol. The lowest BCUT2D eigenvalue weighted by Crippen LogP contribution is -2.46. The van der Waals surface area contributed by atoms with Gasteiger partial charge in [-0.3, -0.25) is 24.2 Å². The second-order valence-electron chi connectivity index (χ2n) is 10.9. The molecule has 2 aromatic rings. The van der Waals surface area contributed by atoms with Gasteiger partial charge in [-0.25, -0.2) is 9.37 Å². The molecule has 1 saturated heterocycles. The number of hydrazine groups is 1. The Labute approximate surface area is 246 Å².